The van der Waals surface area contributed by atoms with E-state index in [1.54, 1.807) is 0 Å². The molecule has 0 amide bonds. The molecule has 0 unspecified atom stereocenters. The Morgan fingerprint density at radius 1 is 0.875 bits per heavy atom. The van der Waals surface area contributed by atoms with Gasteiger partial charge in [-0.2, -0.15) is 0 Å². The van der Waals surface area contributed by atoms with Crippen molar-refractivity contribution in [1.82, 2.24) is 0 Å². The molecule has 0 aliphatic carbocycles. The van der Waals surface area contributed by atoms with Crippen LogP contribution in [0.5, 0.6) is 0 Å². The molecule has 32 heavy (non-hydrogen) atoms. The first-order valence-corrected chi connectivity index (χ1v) is 13.2. The van der Waals surface area contributed by atoms with Gasteiger partial charge in [0.1, 0.15) is 6.29 Å². The van der Waals surface area contributed by atoms with Crippen LogP contribution in [0.4, 0.5) is 0 Å². The van der Waals surface area contributed by atoms with Gasteiger partial charge >= 0.3 is 0 Å². The third-order valence-corrected chi connectivity index (χ3v) is 6.15. The SMILES string of the molecule is CCCC/C=C\[C@H](C=O)[C@@H](O)C[C@@H](CCCCCCCCCCC)OCc1ccccc1. The van der Waals surface area contributed by atoms with Crippen LogP contribution >= 0.6 is 0 Å². The maximum atomic E-state index is 11.5. The van der Waals surface area contributed by atoms with E-state index in [0.717, 1.165) is 44.0 Å². The molecule has 0 bridgehead atoms. The topological polar surface area (TPSA) is 46.5 Å². The molecular formula is C29H48O3. The number of ether oxygens (including phenoxy) is 1. The van der Waals surface area contributed by atoms with Gasteiger partial charge in [0.15, 0.2) is 0 Å². The number of hydrogen-bond donors (Lipinski definition) is 1. The first kappa shape index (κ1) is 28.6. The number of hydrogen-bond acceptors (Lipinski definition) is 3. The molecule has 1 N–H and O–H groups in total. The van der Waals surface area contributed by atoms with Gasteiger partial charge in [-0.1, -0.05) is 127 Å². The Morgan fingerprint density at radius 2 is 1.50 bits per heavy atom. The summed E-state index contributed by atoms with van der Waals surface area (Å²) in [6.07, 6.45) is 20.4. The molecule has 3 heteroatoms. The lowest BCUT2D eigenvalue weighted by atomic mass is 9.95. The van der Waals surface area contributed by atoms with Gasteiger partial charge in [0.25, 0.3) is 0 Å². The van der Waals surface area contributed by atoms with Crippen molar-refractivity contribution in [3.63, 3.8) is 0 Å². The Morgan fingerprint density at radius 3 is 2.12 bits per heavy atom. The largest absolute Gasteiger partial charge is 0.392 e. The summed E-state index contributed by atoms with van der Waals surface area (Å²) in [4.78, 5) is 11.5. The molecule has 1 aromatic rings. The Labute approximate surface area is 197 Å². The van der Waals surface area contributed by atoms with Gasteiger partial charge in [-0.05, 0) is 18.4 Å². The van der Waals surface area contributed by atoms with Crippen molar-refractivity contribution >= 4 is 6.29 Å². The number of rotatable bonds is 21. The highest BCUT2D eigenvalue weighted by atomic mass is 16.5. The zero-order valence-corrected chi connectivity index (χ0v) is 20.7. The van der Waals surface area contributed by atoms with Crippen LogP contribution in [0, 0.1) is 5.92 Å². The van der Waals surface area contributed by atoms with Gasteiger partial charge in [0.05, 0.1) is 24.7 Å². The fraction of sp³-hybridized carbons (Fsp3) is 0.690. The molecule has 0 spiro atoms. The quantitative estimate of drug-likeness (QED) is 0.119. The second kappa shape index (κ2) is 20.2. The van der Waals surface area contributed by atoms with Gasteiger partial charge < -0.3 is 14.6 Å². The van der Waals surface area contributed by atoms with Crippen LogP contribution in [-0.4, -0.2) is 23.6 Å². The summed E-state index contributed by atoms with van der Waals surface area (Å²) >= 11 is 0. The summed E-state index contributed by atoms with van der Waals surface area (Å²) in [6, 6.07) is 10.2. The summed E-state index contributed by atoms with van der Waals surface area (Å²) in [5.74, 6) is -0.446. The van der Waals surface area contributed by atoms with Gasteiger partial charge in [-0.15, -0.1) is 0 Å². The predicted octanol–water partition coefficient (Wildman–Crippen LogP) is 7.81. The van der Waals surface area contributed by atoms with Crippen molar-refractivity contribution in [3.8, 4) is 0 Å². The highest BCUT2D eigenvalue weighted by Gasteiger charge is 2.21. The first-order valence-electron chi connectivity index (χ1n) is 13.2. The average molecular weight is 445 g/mol. The average Bonchev–Trinajstić information content (AvgIpc) is 2.82. The number of aliphatic hydroxyl groups is 1. The smallest absolute Gasteiger partial charge is 0.129 e. The lowest BCUT2D eigenvalue weighted by Gasteiger charge is -2.23. The van der Waals surface area contributed by atoms with E-state index in [2.05, 4.69) is 26.0 Å². The number of unbranched alkanes of at least 4 members (excludes halogenated alkanes) is 10. The van der Waals surface area contributed by atoms with E-state index in [-0.39, 0.29) is 6.10 Å². The van der Waals surface area contributed by atoms with Gasteiger partial charge in [-0.3, -0.25) is 0 Å². The number of benzene rings is 1. The van der Waals surface area contributed by atoms with Crippen LogP contribution in [0.3, 0.4) is 0 Å². The summed E-state index contributed by atoms with van der Waals surface area (Å²) < 4.78 is 6.21. The predicted molar refractivity (Wildman–Crippen MR) is 136 cm³/mol. The molecular weight excluding hydrogens is 396 g/mol. The molecule has 182 valence electrons. The van der Waals surface area contributed by atoms with Gasteiger partial charge in [0.2, 0.25) is 0 Å². The number of carbonyl (C=O) groups excluding carboxylic acids is 1. The minimum Gasteiger partial charge on any atom is -0.392 e. The van der Waals surface area contributed by atoms with Crippen LogP contribution in [-0.2, 0) is 16.1 Å². The van der Waals surface area contributed by atoms with E-state index in [0.29, 0.717) is 13.0 Å². The van der Waals surface area contributed by atoms with Crippen molar-refractivity contribution in [2.75, 3.05) is 0 Å². The molecule has 0 saturated carbocycles. The molecule has 1 rings (SSSR count). The molecule has 3 nitrogen and oxygen atoms in total. The molecule has 0 radical (unpaired) electrons. The molecule has 0 aromatic heterocycles. The van der Waals surface area contributed by atoms with Gasteiger partial charge in [0, 0.05) is 6.42 Å². The summed E-state index contributed by atoms with van der Waals surface area (Å²) in [7, 11) is 0. The third-order valence-electron chi connectivity index (χ3n) is 6.15. The van der Waals surface area contributed by atoms with Crippen molar-refractivity contribution < 1.29 is 14.6 Å². The van der Waals surface area contributed by atoms with E-state index in [1.807, 2.05) is 30.4 Å². The molecule has 1 aromatic carbocycles. The molecule has 0 fully saturated rings. The van der Waals surface area contributed by atoms with Crippen molar-refractivity contribution in [1.29, 1.82) is 0 Å². The molecule has 3 atom stereocenters. The molecule has 0 aliphatic rings. The third kappa shape index (κ3) is 14.6. The maximum Gasteiger partial charge on any atom is 0.129 e. The van der Waals surface area contributed by atoms with E-state index in [1.165, 1.54) is 51.4 Å². The van der Waals surface area contributed by atoms with Crippen molar-refractivity contribution in [2.24, 2.45) is 5.92 Å². The Bertz CT molecular complexity index is 569. The highest BCUT2D eigenvalue weighted by Crippen LogP contribution is 2.20. The van der Waals surface area contributed by atoms with Crippen molar-refractivity contribution in [3.05, 3.63) is 48.0 Å². The number of allylic oxidation sites excluding steroid dienone is 1. The van der Waals surface area contributed by atoms with Crippen LogP contribution in [0.2, 0.25) is 0 Å². The molecule has 0 saturated heterocycles. The van der Waals surface area contributed by atoms with Crippen LogP contribution < -0.4 is 0 Å². The fourth-order valence-corrected chi connectivity index (χ4v) is 4.01. The zero-order chi connectivity index (χ0) is 23.3. The normalized spacial score (nSPS) is 14.5. The van der Waals surface area contributed by atoms with E-state index >= 15 is 0 Å². The second-order valence-corrected chi connectivity index (χ2v) is 9.12. The van der Waals surface area contributed by atoms with E-state index in [9.17, 15) is 9.90 Å². The van der Waals surface area contributed by atoms with E-state index < -0.39 is 12.0 Å². The maximum absolute atomic E-state index is 11.5. The Hall–Kier alpha value is -1.45. The summed E-state index contributed by atoms with van der Waals surface area (Å²) in [6.45, 7) is 4.96. The standard InChI is InChI=1S/C29H48O3/c1-3-5-7-9-10-11-12-13-18-22-28(32-25-26-19-15-14-16-20-26)23-29(31)27(24-30)21-17-8-6-4-2/h14-17,19-21,24,27-29,31H,3-13,18,22-23,25H2,1-2H3/b21-17-/t27-,28-,29+/m1/s1. The number of carbonyl (C=O) groups is 1. The second-order valence-electron chi connectivity index (χ2n) is 9.12. The molecule has 0 heterocycles. The van der Waals surface area contributed by atoms with Gasteiger partial charge in [-0.25, -0.2) is 0 Å². The first-order chi connectivity index (χ1) is 15.7. The summed E-state index contributed by atoms with van der Waals surface area (Å²) in [5.41, 5.74) is 1.14. The zero-order valence-electron chi connectivity index (χ0n) is 20.7. The minimum absolute atomic E-state index is 0.0266. The van der Waals surface area contributed by atoms with E-state index in [4.69, 9.17) is 4.74 Å². The van der Waals surface area contributed by atoms with Crippen LogP contribution in [0.25, 0.3) is 0 Å². The minimum atomic E-state index is -0.690. The van der Waals surface area contributed by atoms with Crippen molar-refractivity contribution in [2.45, 2.75) is 123 Å². The van der Waals surface area contributed by atoms with Crippen LogP contribution in [0.1, 0.15) is 109 Å². The molecule has 0 aliphatic heterocycles. The number of aliphatic hydroxyl groups excluding tert-OH is 1. The number of aldehydes is 1. The Kier molecular flexibility index (Phi) is 18.0. The Balaban J connectivity index is 2.46. The monoisotopic (exact) mass is 444 g/mol. The van der Waals surface area contributed by atoms with Crippen LogP contribution in [0.15, 0.2) is 42.5 Å². The summed E-state index contributed by atoms with van der Waals surface area (Å²) in [5, 5.41) is 10.7. The fourth-order valence-electron chi connectivity index (χ4n) is 4.01. The lowest BCUT2D eigenvalue weighted by Crippen LogP contribution is -2.27. The highest BCUT2D eigenvalue weighted by molar-refractivity contribution is 5.57. The lowest BCUT2D eigenvalue weighted by molar-refractivity contribution is -0.113.